The molecule has 4 heterocycles. The number of rotatable bonds is 5. The first-order valence-corrected chi connectivity index (χ1v) is 11.4. The van der Waals surface area contributed by atoms with Crippen LogP contribution in [0.5, 0.6) is 5.75 Å². The highest BCUT2D eigenvalue weighted by molar-refractivity contribution is 5.94. The number of hydrogen-bond donors (Lipinski definition) is 0. The van der Waals surface area contributed by atoms with Crippen LogP contribution in [-0.2, 0) is 17.7 Å². The fraction of sp³-hybridized carbons (Fsp3) is 0.609. The van der Waals surface area contributed by atoms with Crippen molar-refractivity contribution in [1.29, 1.82) is 0 Å². The molecule has 1 aromatic heterocycles. The van der Waals surface area contributed by atoms with Gasteiger partial charge in [0.1, 0.15) is 18.2 Å². The van der Waals surface area contributed by atoms with Crippen molar-refractivity contribution in [2.75, 3.05) is 19.8 Å². The van der Waals surface area contributed by atoms with Gasteiger partial charge in [0.05, 0.1) is 12.1 Å². The first-order valence-electron chi connectivity index (χ1n) is 11.4. The van der Waals surface area contributed by atoms with E-state index in [1.54, 1.807) is 0 Å². The summed E-state index contributed by atoms with van der Waals surface area (Å²) < 4.78 is 13.7. The molecule has 0 bridgehead atoms. The van der Waals surface area contributed by atoms with Crippen molar-refractivity contribution in [3.8, 4) is 5.75 Å². The molecule has 0 saturated carbocycles. The second kappa shape index (κ2) is 8.76. The van der Waals surface area contributed by atoms with Gasteiger partial charge >= 0.3 is 0 Å². The number of benzene rings is 1. The van der Waals surface area contributed by atoms with Gasteiger partial charge in [-0.1, -0.05) is 6.42 Å². The minimum atomic E-state index is 0.0206. The highest BCUT2D eigenvalue weighted by atomic mass is 16.5. The number of amides is 1. The number of hydrogen-bond acceptors (Lipinski definition) is 5. The quantitative estimate of drug-likeness (QED) is 0.754. The van der Waals surface area contributed by atoms with Gasteiger partial charge in [-0.15, -0.1) is 10.2 Å². The summed E-state index contributed by atoms with van der Waals surface area (Å²) in [5.74, 6) is 2.89. The van der Waals surface area contributed by atoms with Gasteiger partial charge in [0.15, 0.2) is 5.82 Å². The van der Waals surface area contributed by atoms with E-state index in [2.05, 4.69) is 14.8 Å². The van der Waals surface area contributed by atoms with Crippen LogP contribution in [0, 0.1) is 0 Å². The third-order valence-electron chi connectivity index (χ3n) is 6.51. The number of carbonyl (C=O) groups excluding carboxylic acids is 1. The van der Waals surface area contributed by atoms with Crippen LogP contribution < -0.4 is 4.74 Å². The highest BCUT2D eigenvalue weighted by Gasteiger charge is 2.34. The lowest BCUT2D eigenvalue weighted by Gasteiger charge is -2.25. The van der Waals surface area contributed by atoms with Crippen LogP contribution in [0.3, 0.4) is 0 Å². The smallest absolute Gasteiger partial charge is 0.254 e. The molecule has 3 aliphatic heterocycles. The Kier molecular flexibility index (Phi) is 5.71. The molecule has 160 valence electrons. The Hall–Kier alpha value is -2.41. The number of likely N-dealkylation sites (tertiary alicyclic amines) is 1. The fourth-order valence-corrected chi connectivity index (χ4v) is 4.86. The first-order chi connectivity index (χ1) is 14.8. The largest absolute Gasteiger partial charge is 0.491 e. The molecule has 2 aromatic rings. The van der Waals surface area contributed by atoms with Crippen molar-refractivity contribution >= 4 is 5.91 Å². The van der Waals surface area contributed by atoms with E-state index in [0.717, 1.165) is 75.6 Å². The van der Waals surface area contributed by atoms with Crippen LogP contribution in [-0.4, -0.2) is 51.4 Å². The van der Waals surface area contributed by atoms with Crippen LogP contribution in [0.15, 0.2) is 24.3 Å². The summed E-state index contributed by atoms with van der Waals surface area (Å²) >= 11 is 0. The summed E-state index contributed by atoms with van der Waals surface area (Å²) in [6.45, 7) is 3.13. The van der Waals surface area contributed by atoms with Gasteiger partial charge in [0.25, 0.3) is 5.91 Å². The Labute approximate surface area is 177 Å². The summed E-state index contributed by atoms with van der Waals surface area (Å²) in [6.07, 6.45) is 8.85. The summed E-state index contributed by atoms with van der Waals surface area (Å²) in [6, 6.07) is 7.53. The third kappa shape index (κ3) is 3.95. The monoisotopic (exact) mass is 410 g/mol. The van der Waals surface area contributed by atoms with Crippen LogP contribution in [0.2, 0.25) is 0 Å². The Morgan fingerprint density at radius 1 is 1.03 bits per heavy atom. The standard InChI is InChI=1S/C23H30N4O3/c28-23(17-9-11-18(12-10-17)30-16-19-6-5-15-29-19)26-14-4-7-20(26)22-25-24-21-8-2-1-3-13-27(21)22/h9-12,19-20H,1-8,13-16H2/t19-,20+/m0/s1. The number of aromatic nitrogens is 3. The summed E-state index contributed by atoms with van der Waals surface area (Å²) in [5, 5.41) is 8.95. The van der Waals surface area contributed by atoms with Crippen molar-refractivity contribution in [3.63, 3.8) is 0 Å². The zero-order valence-electron chi connectivity index (χ0n) is 17.5. The van der Waals surface area contributed by atoms with Crippen molar-refractivity contribution < 1.29 is 14.3 Å². The fourth-order valence-electron chi connectivity index (χ4n) is 4.86. The van der Waals surface area contributed by atoms with E-state index in [1.807, 2.05) is 29.2 Å². The molecule has 0 unspecified atom stereocenters. The van der Waals surface area contributed by atoms with Gasteiger partial charge in [0.2, 0.25) is 0 Å². The van der Waals surface area contributed by atoms with Gasteiger partial charge in [-0.05, 0) is 62.8 Å². The van der Waals surface area contributed by atoms with E-state index >= 15 is 0 Å². The molecular formula is C23H30N4O3. The molecule has 0 radical (unpaired) electrons. The third-order valence-corrected chi connectivity index (χ3v) is 6.51. The molecule has 30 heavy (non-hydrogen) atoms. The average molecular weight is 411 g/mol. The number of nitrogens with zero attached hydrogens (tertiary/aromatic N) is 4. The molecule has 1 aromatic carbocycles. The van der Waals surface area contributed by atoms with Gasteiger partial charge in [0, 0.05) is 31.7 Å². The lowest BCUT2D eigenvalue weighted by Crippen LogP contribution is -2.32. The SMILES string of the molecule is O=C(c1ccc(OC[C@@H]2CCCO2)cc1)N1CCC[C@@H]1c1nnc2n1CCCCC2. The maximum Gasteiger partial charge on any atom is 0.254 e. The lowest BCUT2D eigenvalue weighted by atomic mass is 10.1. The Bertz CT molecular complexity index is 873. The van der Waals surface area contributed by atoms with Crippen molar-refractivity contribution in [2.24, 2.45) is 0 Å². The van der Waals surface area contributed by atoms with Crippen LogP contribution in [0.4, 0.5) is 0 Å². The van der Waals surface area contributed by atoms with Crippen molar-refractivity contribution in [2.45, 2.75) is 70.1 Å². The van der Waals surface area contributed by atoms with Gasteiger partial charge in [-0.25, -0.2) is 0 Å². The number of aryl methyl sites for hydroxylation is 1. The first kappa shape index (κ1) is 19.5. The molecule has 7 nitrogen and oxygen atoms in total. The van der Waals surface area contributed by atoms with Crippen molar-refractivity contribution in [3.05, 3.63) is 41.5 Å². The molecule has 2 fully saturated rings. The molecule has 0 spiro atoms. The minimum Gasteiger partial charge on any atom is -0.491 e. The van der Waals surface area contributed by atoms with Crippen LogP contribution >= 0.6 is 0 Å². The minimum absolute atomic E-state index is 0.0206. The summed E-state index contributed by atoms with van der Waals surface area (Å²) in [5.41, 5.74) is 0.696. The van der Waals surface area contributed by atoms with E-state index in [1.165, 1.54) is 12.8 Å². The molecule has 2 saturated heterocycles. The Morgan fingerprint density at radius 2 is 1.93 bits per heavy atom. The maximum absolute atomic E-state index is 13.3. The molecule has 7 heteroatoms. The van der Waals surface area contributed by atoms with Crippen LogP contribution in [0.25, 0.3) is 0 Å². The van der Waals surface area contributed by atoms with Gasteiger partial charge < -0.3 is 18.9 Å². The van der Waals surface area contributed by atoms with E-state index in [9.17, 15) is 4.79 Å². The molecule has 2 atom stereocenters. The van der Waals surface area contributed by atoms with Crippen molar-refractivity contribution in [1.82, 2.24) is 19.7 Å². The predicted octanol–water partition coefficient (Wildman–Crippen LogP) is 3.54. The number of carbonyl (C=O) groups is 1. The zero-order chi connectivity index (χ0) is 20.3. The zero-order valence-corrected chi connectivity index (χ0v) is 17.5. The predicted molar refractivity (Wildman–Crippen MR) is 111 cm³/mol. The maximum atomic E-state index is 13.3. The molecule has 3 aliphatic rings. The highest BCUT2D eigenvalue weighted by Crippen LogP contribution is 2.33. The number of fused-ring (bicyclic) bond motifs is 1. The molecule has 0 N–H and O–H groups in total. The molecule has 5 rings (SSSR count). The molecule has 1 amide bonds. The normalized spacial score (nSPS) is 23.9. The average Bonchev–Trinajstić information content (AvgIpc) is 3.51. The van der Waals surface area contributed by atoms with E-state index in [0.29, 0.717) is 12.2 Å². The second-order valence-electron chi connectivity index (χ2n) is 8.56. The Morgan fingerprint density at radius 3 is 2.77 bits per heavy atom. The number of ether oxygens (including phenoxy) is 2. The molecule has 0 aliphatic carbocycles. The molecular weight excluding hydrogens is 380 g/mol. The lowest BCUT2D eigenvalue weighted by molar-refractivity contribution is 0.0678. The topological polar surface area (TPSA) is 69.5 Å². The van der Waals surface area contributed by atoms with Gasteiger partial charge in [-0.2, -0.15) is 0 Å². The second-order valence-corrected chi connectivity index (χ2v) is 8.56. The van der Waals surface area contributed by atoms with Crippen LogP contribution in [0.1, 0.15) is 73.0 Å². The van der Waals surface area contributed by atoms with E-state index in [4.69, 9.17) is 9.47 Å². The van der Waals surface area contributed by atoms with E-state index < -0.39 is 0 Å². The van der Waals surface area contributed by atoms with E-state index in [-0.39, 0.29) is 18.1 Å². The summed E-state index contributed by atoms with van der Waals surface area (Å²) in [7, 11) is 0. The van der Waals surface area contributed by atoms with Gasteiger partial charge in [-0.3, -0.25) is 4.79 Å². The Balaban J connectivity index is 1.27. The summed E-state index contributed by atoms with van der Waals surface area (Å²) in [4.78, 5) is 15.3.